The van der Waals surface area contributed by atoms with Crippen LogP contribution in [0.4, 0.5) is 5.95 Å². The number of ether oxygens (including phenoxy) is 1. The minimum absolute atomic E-state index is 0.0293. The molecule has 2 aromatic rings. The molecule has 1 atom stereocenters. The summed E-state index contributed by atoms with van der Waals surface area (Å²) in [7, 11) is 1.42. The van der Waals surface area contributed by atoms with Crippen molar-refractivity contribution in [3.63, 3.8) is 0 Å². The number of rotatable bonds is 15. The zero-order chi connectivity index (χ0) is 29.2. The quantitative estimate of drug-likeness (QED) is 0.269. The first-order valence-corrected chi connectivity index (χ1v) is 15.5. The van der Waals surface area contributed by atoms with Crippen LogP contribution in [0.1, 0.15) is 90.4 Å². The number of esters is 1. The van der Waals surface area contributed by atoms with Gasteiger partial charge in [0.1, 0.15) is 6.04 Å². The average Bonchev–Trinajstić information content (AvgIpc) is 3.27. The van der Waals surface area contributed by atoms with Crippen LogP contribution in [0.3, 0.4) is 0 Å². The topological polar surface area (TPSA) is 79.7 Å². The number of hydrogen-bond donors (Lipinski definition) is 1. The molecule has 2 heterocycles. The molecule has 0 aliphatic carbocycles. The van der Waals surface area contributed by atoms with Gasteiger partial charge in [0.2, 0.25) is 5.95 Å². The van der Waals surface area contributed by atoms with E-state index in [1.165, 1.54) is 26.4 Å². The Kier molecular flexibility index (Phi) is 12.3. The van der Waals surface area contributed by atoms with E-state index in [0.29, 0.717) is 23.3 Å². The van der Waals surface area contributed by atoms with Crippen molar-refractivity contribution in [3.05, 3.63) is 23.8 Å². The molecule has 1 aromatic carbocycles. The standard InChI is InChI=1S/C32H53N5O3/c1-23(2)14-20-36(21-15-24(3)4)30(38)26-12-13-27-28(22-26)37(19-11-18-35-16-9-8-10-17-35)32(33-27)34-29(25(5)6)31(39)40-7/h12-13,22-25,29H,8-11,14-21H2,1-7H3,(H,33,34). The number of nitrogens with zero attached hydrogens (tertiary/aromatic N) is 4. The van der Waals surface area contributed by atoms with E-state index in [-0.39, 0.29) is 17.8 Å². The first-order valence-electron chi connectivity index (χ1n) is 15.5. The molecule has 0 spiro atoms. The predicted molar refractivity (Wildman–Crippen MR) is 164 cm³/mol. The summed E-state index contributed by atoms with van der Waals surface area (Å²) >= 11 is 0. The number of aromatic nitrogens is 2. The molecule has 1 N–H and O–H groups in total. The highest BCUT2D eigenvalue weighted by Crippen LogP contribution is 2.25. The highest BCUT2D eigenvalue weighted by Gasteiger charge is 2.26. The van der Waals surface area contributed by atoms with Gasteiger partial charge < -0.3 is 24.4 Å². The Balaban J connectivity index is 1.93. The number of aryl methyl sites for hydroxylation is 1. The number of piperidine rings is 1. The van der Waals surface area contributed by atoms with Crippen molar-refractivity contribution >= 4 is 28.9 Å². The van der Waals surface area contributed by atoms with Crippen LogP contribution in [0.5, 0.6) is 0 Å². The summed E-state index contributed by atoms with van der Waals surface area (Å²) in [4.78, 5) is 35.8. The number of carbonyl (C=O) groups is 2. The molecule has 1 aliphatic rings. The number of hydrogen-bond acceptors (Lipinski definition) is 6. The zero-order valence-corrected chi connectivity index (χ0v) is 26.0. The van der Waals surface area contributed by atoms with Crippen LogP contribution in [0.15, 0.2) is 18.2 Å². The van der Waals surface area contributed by atoms with Crippen LogP contribution in [0, 0.1) is 17.8 Å². The minimum atomic E-state index is -0.508. The van der Waals surface area contributed by atoms with Crippen molar-refractivity contribution in [2.75, 3.05) is 45.2 Å². The Morgan fingerprint density at radius 2 is 1.62 bits per heavy atom. The second-order valence-electron chi connectivity index (χ2n) is 12.6. The van der Waals surface area contributed by atoms with Crippen molar-refractivity contribution in [1.29, 1.82) is 0 Å². The molecule has 224 valence electrons. The zero-order valence-electron chi connectivity index (χ0n) is 26.0. The maximum atomic E-state index is 13.8. The van der Waals surface area contributed by atoms with Gasteiger partial charge in [-0.3, -0.25) is 4.79 Å². The van der Waals surface area contributed by atoms with Crippen LogP contribution < -0.4 is 5.32 Å². The molecule has 1 unspecified atom stereocenters. The van der Waals surface area contributed by atoms with Gasteiger partial charge in [-0.2, -0.15) is 0 Å². The van der Waals surface area contributed by atoms with Gasteiger partial charge in [-0.25, -0.2) is 9.78 Å². The van der Waals surface area contributed by atoms with Gasteiger partial charge in [0.25, 0.3) is 5.91 Å². The van der Waals surface area contributed by atoms with Crippen LogP contribution >= 0.6 is 0 Å². The Hall–Kier alpha value is -2.61. The third-order valence-electron chi connectivity index (χ3n) is 7.95. The summed E-state index contributed by atoms with van der Waals surface area (Å²) in [5.74, 6) is 1.53. The molecule has 1 amide bonds. The highest BCUT2D eigenvalue weighted by molar-refractivity contribution is 5.98. The van der Waals surface area contributed by atoms with E-state index < -0.39 is 6.04 Å². The first-order chi connectivity index (χ1) is 19.1. The SMILES string of the molecule is COC(=O)C(Nc1nc2ccc(C(=O)N(CCC(C)C)CCC(C)C)cc2n1CCCN1CCCCC1)C(C)C. The minimum Gasteiger partial charge on any atom is -0.467 e. The maximum Gasteiger partial charge on any atom is 0.328 e. The summed E-state index contributed by atoms with van der Waals surface area (Å²) in [6.45, 7) is 18.4. The lowest BCUT2D eigenvalue weighted by atomic mass is 10.1. The van der Waals surface area contributed by atoms with Crippen LogP contribution in [0.2, 0.25) is 0 Å². The highest BCUT2D eigenvalue weighted by atomic mass is 16.5. The lowest BCUT2D eigenvalue weighted by Crippen LogP contribution is -2.36. The van der Waals surface area contributed by atoms with Crippen molar-refractivity contribution in [2.24, 2.45) is 17.8 Å². The molecular formula is C32H53N5O3. The molecule has 0 bridgehead atoms. The molecule has 8 nitrogen and oxygen atoms in total. The number of likely N-dealkylation sites (tertiary alicyclic amines) is 1. The normalized spacial score (nSPS) is 15.2. The first kappa shape index (κ1) is 31.9. The summed E-state index contributed by atoms with van der Waals surface area (Å²) < 4.78 is 7.24. The molecule has 3 rings (SSSR count). The van der Waals surface area contributed by atoms with E-state index in [1.807, 2.05) is 36.9 Å². The van der Waals surface area contributed by atoms with Gasteiger partial charge in [0.05, 0.1) is 18.1 Å². The van der Waals surface area contributed by atoms with E-state index in [0.717, 1.165) is 69.6 Å². The maximum absolute atomic E-state index is 13.8. The number of fused-ring (bicyclic) bond motifs is 1. The summed E-state index contributed by atoms with van der Waals surface area (Å²) in [5, 5.41) is 3.38. The average molecular weight is 556 g/mol. The molecule has 0 saturated carbocycles. The predicted octanol–water partition coefficient (Wildman–Crippen LogP) is 6.06. The molecule has 1 aromatic heterocycles. The largest absolute Gasteiger partial charge is 0.467 e. The van der Waals surface area contributed by atoms with Gasteiger partial charge in [0.15, 0.2) is 0 Å². The molecular weight excluding hydrogens is 502 g/mol. The lowest BCUT2D eigenvalue weighted by Gasteiger charge is -2.26. The number of anilines is 1. The molecule has 1 aliphatic heterocycles. The van der Waals surface area contributed by atoms with Gasteiger partial charge in [0, 0.05) is 25.2 Å². The van der Waals surface area contributed by atoms with Crippen LogP contribution in [-0.4, -0.2) is 77.1 Å². The second-order valence-corrected chi connectivity index (χ2v) is 12.6. The van der Waals surface area contributed by atoms with Crippen LogP contribution in [-0.2, 0) is 16.1 Å². The molecule has 1 fully saturated rings. The van der Waals surface area contributed by atoms with E-state index in [9.17, 15) is 9.59 Å². The number of amides is 1. The number of methoxy groups -OCH3 is 1. The number of carbonyl (C=O) groups excluding carboxylic acids is 2. The Morgan fingerprint density at radius 3 is 2.20 bits per heavy atom. The Morgan fingerprint density at radius 1 is 0.975 bits per heavy atom. The fourth-order valence-electron chi connectivity index (χ4n) is 5.32. The molecule has 8 heteroatoms. The molecule has 40 heavy (non-hydrogen) atoms. The lowest BCUT2D eigenvalue weighted by molar-refractivity contribution is -0.142. The van der Waals surface area contributed by atoms with Crippen molar-refractivity contribution in [2.45, 2.75) is 92.7 Å². The fraction of sp³-hybridized carbons (Fsp3) is 0.719. The Labute approximate surface area is 241 Å². The third-order valence-corrected chi connectivity index (χ3v) is 7.95. The fourth-order valence-corrected chi connectivity index (χ4v) is 5.32. The summed E-state index contributed by atoms with van der Waals surface area (Å²) in [6.07, 6.45) is 6.80. The van der Waals surface area contributed by atoms with Crippen molar-refractivity contribution in [3.8, 4) is 0 Å². The monoisotopic (exact) mass is 555 g/mol. The number of nitrogens with one attached hydrogen (secondary N) is 1. The molecule has 1 saturated heterocycles. The van der Waals surface area contributed by atoms with E-state index in [4.69, 9.17) is 9.72 Å². The van der Waals surface area contributed by atoms with E-state index >= 15 is 0 Å². The second kappa shape index (κ2) is 15.4. The third kappa shape index (κ3) is 8.95. The number of benzene rings is 1. The van der Waals surface area contributed by atoms with Gasteiger partial charge in [-0.1, -0.05) is 48.0 Å². The van der Waals surface area contributed by atoms with E-state index in [1.54, 1.807) is 0 Å². The van der Waals surface area contributed by atoms with Crippen molar-refractivity contribution in [1.82, 2.24) is 19.4 Å². The van der Waals surface area contributed by atoms with Gasteiger partial charge >= 0.3 is 5.97 Å². The van der Waals surface area contributed by atoms with Gasteiger partial charge in [-0.15, -0.1) is 0 Å². The summed E-state index contributed by atoms with van der Waals surface area (Å²) in [5.41, 5.74) is 2.43. The van der Waals surface area contributed by atoms with Crippen LogP contribution in [0.25, 0.3) is 11.0 Å². The Bertz CT molecular complexity index is 1080. The van der Waals surface area contributed by atoms with E-state index in [2.05, 4.69) is 42.5 Å². The summed E-state index contributed by atoms with van der Waals surface area (Å²) in [6, 6.07) is 5.33. The van der Waals surface area contributed by atoms with Gasteiger partial charge in [-0.05, 0) is 87.7 Å². The van der Waals surface area contributed by atoms with Crippen molar-refractivity contribution < 1.29 is 14.3 Å². The number of imidazole rings is 1. The molecule has 0 radical (unpaired) electrons. The smallest absolute Gasteiger partial charge is 0.328 e.